The molecule has 0 spiro atoms. The lowest BCUT2D eigenvalue weighted by molar-refractivity contribution is 0.493. The minimum atomic E-state index is -0.0177. The Morgan fingerprint density at radius 2 is 2.29 bits per heavy atom. The molecule has 17 heavy (non-hydrogen) atoms. The first-order chi connectivity index (χ1) is 8.03. The molecule has 4 N–H and O–H groups in total. The van der Waals surface area contributed by atoms with E-state index in [1.807, 2.05) is 25.1 Å². The Morgan fingerprint density at radius 1 is 1.53 bits per heavy atom. The van der Waals surface area contributed by atoms with E-state index in [0.29, 0.717) is 0 Å². The van der Waals surface area contributed by atoms with Gasteiger partial charge < -0.3 is 16.4 Å². The van der Waals surface area contributed by atoms with Crippen molar-refractivity contribution in [3.8, 4) is 0 Å². The summed E-state index contributed by atoms with van der Waals surface area (Å²) in [6.45, 7) is 9.40. The van der Waals surface area contributed by atoms with Gasteiger partial charge in [-0.1, -0.05) is 18.7 Å². The summed E-state index contributed by atoms with van der Waals surface area (Å²) >= 11 is 0. The summed E-state index contributed by atoms with van der Waals surface area (Å²) in [5, 5.41) is 6.84. The molecule has 92 valence electrons. The first-order valence-corrected chi connectivity index (χ1v) is 6.09. The number of nitrogens with two attached hydrogens (primary N) is 1. The van der Waals surface area contributed by atoms with Crippen molar-refractivity contribution in [1.82, 2.24) is 5.32 Å². The highest BCUT2D eigenvalue weighted by Crippen LogP contribution is 2.29. The second-order valence-corrected chi connectivity index (χ2v) is 5.00. The van der Waals surface area contributed by atoms with Gasteiger partial charge in [0.2, 0.25) is 0 Å². The van der Waals surface area contributed by atoms with Crippen LogP contribution in [0.4, 0.5) is 11.4 Å². The summed E-state index contributed by atoms with van der Waals surface area (Å²) in [4.78, 5) is 0. The number of para-hydroxylation sites is 1. The SMILES string of the molecule is C=C(Nc1cccc(C)c1N)[C@@]1(C)CCCN1. The van der Waals surface area contributed by atoms with Gasteiger partial charge in [-0.2, -0.15) is 0 Å². The Kier molecular flexibility index (Phi) is 3.11. The van der Waals surface area contributed by atoms with Gasteiger partial charge in [0.15, 0.2) is 0 Å². The van der Waals surface area contributed by atoms with Crippen molar-refractivity contribution in [2.24, 2.45) is 0 Å². The van der Waals surface area contributed by atoms with Gasteiger partial charge in [-0.25, -0.2) is 0 Å². The molecule has 1 aromatic rings. The van der Waals surface area contributed by atoms with Crippen molar-refractivity contribution in [3.05, 3.63) is 36.0 Å². The fourth-order valence-corrected chi connectivity index (χ4v) is 2.24. The Morgan fingerprint density at radius 3 is 2.94 bits per heavy atom. The zero-order valence-electron chi connectivity index (χ0n) is 10.6. The lowest BCUT2D eigenvalue weighted by atomic mass is 9.96. The van der Waals surface area contributed by atoms with Gasteiger partial charge in [0.1, 0.15) is 0 Å². The maximum Gasteiger partial charge on any atom is 0.0618 e. The molecule has 1 aliphatic heterocycles. The highest BCUT2D eigenvalue weighted by atomic mass is 15.1. The van der Waals surface area contributed by atoms with Crippen LogP contribution in [0.15, 0.2) is 30.5 Å². The molecule has 1 heterocycles. The van der Waals surface area contributed by atoms with Crippen molar-refractivity contribution in [3.63, 3.8) is 0 Å². The molecule has 1 saturated heterocycles. The van der Waals surface area contributed by atoms with Crippen LogP contribution >= 0.6 is 0 Å². The van der Waals surface area contributed by atoms with Gasteiger partial charge in [-0.05, 0) is 44.9 Å². The molecule has 0 bridgehead atoms. The van der Waals surface area contributed by atoms with E-state index < -0.39 is 0 Å². The van der Waals surface area contributed by atoms with Crippen molar-refractivity contribution in [2.75, 3.05) is 17.6 Å². The average molecular weight is 231 g/mol. The highest BCUT2D eigenvalue weighted by Gasteiger charge is 2.31. The average Bonchev–Trinajstić information content (AvgIpc) is 2.73. The van der Waals surface area contributed by atoms with Crippen LogP contribution in [0.3, 0.4) is 0 Å². The fourth-order valence-electron chi connectivity index (χ4n) is 2.24. The summed E-state index contributed by atoms with van der Waals surface area (Å²) in [7, 11) is 0. The molecule has 0 unspecified atom stereocenters. The van der Waals surface area contributed by atoms with Gasteiger partial charge in [0.05, 0.1) is 16.9 Å². The molecular weight excluding hydrogens is 210 g/mol. The third-order valence-electron chi connectivity index (χ3n) is 3.64. The molecule has 0 aromatic heterocycles. The Balaban J connectivity index is 2.16. The summed E-state index contributed by atoms with van der Waals surface area (Å²) < 4.78 is 0. The molecule has 3 nitrogen and oxygen atoms in total. The molecule has 1 aromatic carbocycles. The molecule has 1 fully saturated rings. The van der Waals surface area contributed by atoms with E-state index in [-0.39, 0.29) is 5.54 Å². The maximum absolute atomic E-state index is 6.05. The number of nitrogens with one attached hydrogen (secondary N) is 2. The molecule has 0 radical (unpaired) electrons. The first-order valence-electron chi connectivity index (χ1n) is 6.09. The normalized spacial score (nSPS) is 23.6. The van der Waals surface area contributed by atoms with Crippen molar-refractivity contribution in [1.29, 1.82) is 0 Å². The van der Waals surface area contributed by atoms with Gasteiger partial charge in [0.25, 0.3) is 0 Å². The van der Waals surface area contributed by atoms with E-state index >= 15 is 0 Å². The van der Waals surface area contributed by atoms with Crippen LogP contribution in [0.1, 0.15) is 25.3 Å². The molecule has 0 aliphatic carbocycles. The number of hydrogen-bond donors (Lipinski definition) is 3. The highest BCUT2D eigenvalue weighted by molar-refractivity contribution is 5.71. The number of hydrogen-bond acceptors (Lipinski definition) is 3. The summed E-state index contributed by atoms with van der Waals surface area (Å²) in [5.41, 5.74) is 9.86. The zero-order valence-corrected chi connectivity index (χ0v) is 10.6. The van der Waals surface area contributed by atoms with E-state index in [1.54, 1.807) is 0 Å². The number of anilines is 2. The third kappa shape index (κ3) is 2.29. The van der Waals surface area contributed by atoms with Crippen molar-refractivity contribution in [2.45, 2.75) is 32.2 Å². The fraction of sp³-hybridized carbons (Fsp3) is 0.429. The monoisotopic (exact) mass is 231 g/mol. The van der Waals surface area contributed by atoms with E-state index in [9.17, 15) is 0 Å². The van der Waals surface area contributed by atoms with E-state index in [0.717, 1.165) is 35.6 Å². The molecule has 3 heteroatoms. The summed E-state index contributed by atoms with van der Waals surface area (Å²) in [6, 6.07) is 6.01. The van der Waals surface area contributed by atoms with E-state index in [4.69, 9.17) is 5.73 Å². The van der Waals surface area contributed by atoms with E-state index in [1.165, 1.54) is 6.42 Å². The minimum Gasteiger partial charge on any atom is -0.397 e. The number of nitrogen functional groups attached to an aromatic ring is 1. The van der Waals surface area contributed by atoms with Crippen LogP contribution in [0.5, 0.6) is 0 Å². The topological polar surface area (TPSA) is 50.1 Å². The largest absolute Gasteiger partial charge is 0.397 e. The second kappa shape index (κ2) is 4.41. The smallest absolute Gasteiger partial charge is 0.0618 e. The molecule has 1 aliphatic rings. The standard InChI is InChI=1S/C14H21N3/c1-10-6-4-7-12(13(10)15)17-11(2)14(3)8-5-9-16-14/h4,6-7,16-17H,2,5,8-9,15H2,1,3H3/t14-/m1/s1. The van der Waals surface area contributed by atoms with Crippen LogP contribution in [0.2, 0.25) is 0 Å². The van der Waals surface area contributed by atoms with Crippen LogP contribution in [-0.4, -0.2) is 12.1 Å². The van der Waals surface area contributed by atoms with Gasteiger partial charge in [-0.3, -0.25) is 0 Å². The summed E-state index contributed by atoms with van der Waals surface area (Å²) in [5.74, 6) is 0. The Hall–Kier alpha value is -1.48. The predicted molar refractivity (Wildman–Crippen MR) is 74.0 cm³/mol. The van der Waals surface area contributed by atoms with Gasteiger partial charge >= 0.3 is 0 Å². The van der Waals surface area contributed by atoms with Crippen LogP contribution in [0.25, 0.3) is 0 Å². The second-order valence-electron chi connectivity index (χ2n) is 5.00. The van der Waals surface area contributed by atoms with Crippen LogP contribution < -0.4 is 16.4 Å². The molecule has 2 rings (SSSR count). The number of rotatable bonds is 3. The number of aryl methyl sites for hydroxylation is 1. The van der Waals surface area contributed by atoms with Crippen LogP contribution in [-0.2, 0) is 0 Å². The number of benzene rings is 1. The molecule has 1 atom stereocenters. The van der Waals surface area contributed by atoms with Crippen molar-refractivity contribution < 1.29 is 0 Å². The van der Waals surface area contributed by atoms with Gasteiger partial charge in [-0.15, -0.1) is 0 Å². The first kappa shape index (κ1) is 12.0. The summed E-state index contributed by atoms with van der Waals surface area (Å²) in [6.07, 6.45) is 2.31. The quantitative estimate of drug-likeness (QED) is 0.701. The molecule has 0 saturated carbocycles. The lowest BCUT2D eigenvalue weighted by Crippen LogP contribution is -2.40. The van der Waals surface area contributed by atoms with E-state index in [2.05, 4.69) is 24.1 Å². The van der Waals surface area contributed by atoms with Crippen LogP contribution in [0, 0.1) is 6.92 Å². The third-order valence-corrected chi connectivity index (χ3v) is 3.64. The predicted octanol–water partition coefficient (Wildman–Crippen LogP) is 2.64. The van der Waals surface area contributed by atoms with Gasteiger partial charge in [0, 0.05) is 5.70 Å². The maximum atomic E-state index is 6.05. The Labute approximate surface area is 103 Å². The lowest BCUT2D eigenvalue weighted by Gasteiger charge is -2.28. The molecule has 0 amide bonds. The van der Waals surface area contributed by atoms with Crippen molar-refractivity contribution >= 4 is 11.4 Å². The minimum absolute atomic E-state index is 0.0177. The molecular formula is C14H21N3. The zero-order chi connectivity index (χ0) is 12.5. The Bertz CT molecular complexity index is 431.